The largest absolute Gasteiger partial charge is 0.508 e. The van der Waals surface area contributed by atoms with E-state index in [1.54, 1.807) is 6.92 Å². The molecule has 3 nitrogen and oxygen atoms in total. The zero-order valence-electron chi connectivity index (χ0n) is 7.60. The van der Waals surface area contributed by atoms with E-state index in [4.69, 9.17) is 0 Å². The second-order valence-electron chi connectivity index (χ2n) is 2.76. The summed E-state index contributed by atoms with van der Waals surface area (Å²) in [4.78, 5) is 4.58. The molecule has 0 unspecified atom stereocenters. The van der Waals surface area contributed by atoms with E-state index < -0.39 is 0 Å². The van der Waals surface area contributed by atoms with Crippen LogP contribution in [-0.4, -0.2) is 12.2 Å². The van der Waals surface area contributed by atoms with Gasteiger partial charge in [0.05, 0.1) is 7.11 Å². The van der Waals surface area contributed by atoms with E-state index in [1.165, 1.54) is 19.2 Å². The fourth-order valence-corrected chi connectivity index (χ4v) is 1.10. The summed E-state index contributed by atoms with van der Waals surface area (Å²) in [6, 6.07) is 2.75. The van der Waals surface area contributed by atoms with Crippen molar-refractivity contribution in [3.05, 3.63) is 29.1 Å². The predicted molar refractivity (Wildman–Crippen MR) is 46.7 cm³/mol. The van der Waals surface area contributed by atoms with Gasteiger partial charge in [-0.1, -0.05) is 0 Å². The Kier molecular flexibility index (Phi) is 3.22. The highest BCUT2D eigenvalue weighted by Gasteiger charge is 2.06. The maximum atomic E-state index is 13.3. The van der Waals surface area contributed by atoms with E-state index in [0.717, 1.165) is 0 Å². The smallest absolute Gasteiger partial charge is 0.130 e. The number of hydrogen-bond donors (Lipinski definition) is 2. The third kappa shape index (κ3) is 2.40. The number of halogens is 1. The standard InChI is InChI=1S/C9H12FNO2/c1-6-3-8(12)4-7(9(6)10)5-11-13-2/h3-4,11-12H,5H2,1-2H3. The van der Waals surface area contributed by atoms with E-state index in [1.807, 2.05) is 0 Å². The Balaban J connectivity index is 2.92. The normalized spacial score (nSPS) is 10.4. The monoisotopic (exact) mass is 185 g/mol. The van der Waals surface area contributed by atoms with Gasteiger partial charge in [-0.25, -0.2) is 4.39 Å². The van der Waals surface area contributed by atoms with Gasteiger partial charge in [0.25, 0.3) is 0 Å². The van der Waals surface area contributed by atoms with Crippen LogP contribution in [0.3, 0.4) is 0 Å². The summed E-state index contributed by atoms with van der Waals surface area (Å²) in [6.45, 7) is 1.84. The molecule has 72 valence electrons. The number of aromatic hydroxyl groups is 1. The van der Waals surface area contributed by atoms with Crippen molar-refractivity contribution in [1.29, 1.82) is 0 Å². The van der Waals surface area contributed by atoms with Crippen molar-refractivity contribution < 1.29 is 14.3 Å². The molecular formula is C9H12FNO2. The van der Waals surface area contributed by atoms with Crippen LogP contribution in [0, 0.1) is 12.7 Å². The first-order valence-electron chi connectivity index (χ1n) is 3.89. The highest BCUT2D eigenvalue weighted by molar-refractivity contribution is 5.34. The molecule has 2 N–H and O–H groups in total. The van der Waals surface area contributed by atoms with Crippen molar-refractivity contribution in [2.45, 2.75) is 13.5 Å². The van der Waals surface area contributed by atoms with Crippen molar-refractivity contribution in [1.82, 2.24) is 5.48 Å². The summed E-state index contributed by atoms with van der Waals surface area (Å²) in [5.74, 6) is -0.255. The molecule has 1 aromatic carbocycles. The number of benzene rings is 1. The molecule has 1 rings (SSSR count). The topological polar surface area (TPSA) is 41.5 Å². The third-order valence-corrected chi connectivity index (χ3v) is 1.72. The fourth-order valence-electron chi connectivity index (χ4n) is 1.10. The van der Waals surface area contributed by atoms with Crippen LogP contribution >= 0.6 is 0 Å². The zero-order valence-corrected chi connectivity index (χ0v) is 7.60. The molecule has 0 bridgehead atoms. The number of phenols is 1. The molecular weight excluding hydrogens is 173 g/mol. The van der Waals surface area contributed by atoms with E-state index in [2.05, 4.69) is 10.3 Å². The summed E-state index contributed by atoms with van der Waals surface area (Å²) in [5, 5.41) is 9.18. The van der Waals surface area contributed by atoms with Crippen molar-refractivity contribution in [2.24, 2.45) is 0 Å². The van der Waals surface area contributed by atoms with Gasteiger partial charge < -0.3 is 9.94 Å². The quantitative estimate of drug-likeness (QED) is 0.701. The molecule has 0 radical (unpaired) electrons. The average Bonchev–Trinajstić information content (AvgIpc) is 2.09. The maximum Gasteiger partial charge on any atom is 0.130 e. The molecule has 0 aliphatic carbocycles. The molecule has 0 spiro atoms. The molecule has 0 amide bonds. The molecule has 0 aliphatic heterocycles. The lowest BCUT2D eigenvalue weighted by molar-refractivity contribution is 0.0858. The van der Waals surface area contributed by atoms with E-state index >= 15 is 0 Å². The highest BCUT2D eigenvalue weighted by atomic mass is 19.1. The van der Waals surface area contributed by atoms with Gasteiger partial charge in [-0.05, 0) is 24.6 Å². The minimum atomic E-state index is -0.317. The second-order valence-corrected chi connectivity index (χ2v) is 2.76. The van der Waals surface area contributed by atoms with Crippen LogP contribution in [0.5, 0.6) is 5.75 Å². The molecule has 1 aromatic rings. The first kappa shape index (κ1) is 9.95. The number of aryl methyl sites for hydroxylation is 1. The Morgan fingerprint density at radius 1 is 1.54 bits per heavy atom. The van der Waals surface area contributed by atoms with Gasteiger partial charge in [0, 0.05) is 12.1 Å². The van der Waals surface area contributed by atoms with Crippen LogP contribution in [0.15, 0.2) is 12.1 Å². The molecule has 0 aliphatic rings. The summed E-state index contributed by atoms with van der Waals surface area (Å²) in [5.41, 5.74) is 3.32. The molecule has 13 heavy (non-hydrogen) atoms. The number of nitrogens with one attached hydrogen (secondary N) is 1. The van der Waals surface area contributed by atoms with Crippen LogP contribution in [0.25, 0.3) is 0 Å². The van der Waals surface area contributed by atoms with Gasteiger partial charge in [0.1, 0.15) is 11.6 Å². The number of rotatable bonds is 3. The van der Waals surface area contributed by atoms with E-state index in [9.17, 15) is 9.50 Å². The van der Waals surface area contributed by atoms with Crippen LogP contribution < -0.4 is 5.48 Å². The van der Waals surface area contributed by atoms with Crippen LogP contribution in [0.1, 0.15) is 11.1 Å². The van der Waals surface area contributed by atoms with Crippen molar-refractivity contribution in [2.75, 3.05) is 7.11 Å². The van der Waals surface area contributed by atoms with Crippen LogP contribution in [0.2, 0.25) is 0 Å². The minimum absolute atomic E-state index is 0.0619. The SMILES string of the molecule is CONCc1cc(O)cc(C)c1F. The predicted octanol–water partition coefficient (Wildman–Crippen LogP) is 1.49. The Morgan fingerprint density at radius 2 is 2.23 bits per heavy atom. The number of phenolic OH excluding ortho intramolecular Hbond substituents is 1. The molecule has 4 heteroatoms. The van der Waals surface area contributed by atoms with Gasteiger partial charge in [-0.3, -0.25) is 0 Å². The average molecular weight is 185 g/mol. The van der Waals surface area contributed by atoms with Crippen LogP contribution in [-0.2, 0) is 11.4 Å². The summed E-state index contributed by atoms with van der Waals surface area (Å²) >= 11 is 0. The van der Waals surface area contributed by atoms with Gasteiger partial charge in [-0.2, -0.15) is 5.48 Å². The lowest BCUT2D eigenvalue weighted by atomic mass is 10.1. The summed E-state index contributed by atoms with van der Waals surface area (Å²) in [6.07, 6.45) is 0. The van der Waals surface area contributed by atoms with Crippen LogP contribution in [0.4, 0.5) is 4.39 Å². The number of hydroxylamine groups is 1. The Hall–Kier alpha value is -1.13. The summed E-state index contributed by atoms with van der Waals surface area (Å²) in [7, 11) is 1.45. The first-order valence-corrected chi connectivity index (χ1v) is 3.89. The Bertz CT molecular complexity index is 302. The van der Waals surface area contributed by atoms with Gasteiger partial charge >= 0.3 is 0 Å². The van der Waals surface area contributed by atoms with Gasteiger partial charge in [0.2, 0.25) is 0 Å². The van der Waals surface area contributed by atoms with E-state index in [0.29, 0.717) is 11.1 Å². The first-order chi connectivity index (χ1) is 6.15. The lowest BCUT2D eigenvalue weighted by Gasteiger charge is -2.06. The third-order valence-electron chi connectivity index (χ3n) is 1.72. The second kappa shape index (κ2) is 4.20. The molecule has 0 saturated heterocycles. The van der Waals surface area contributed by atoms with Gasteiger partial charge in [-0.15, -0.1) is 0 Å². The van der Waals surface area contributed by atoms with E-state index in [-0.39, 0.29) is 18.1 Å². The van der Waals surface area contributed by atoms with Crippen molar-refractivity contribution >= 4 is 0 Å². The Morgan fingerprint density at radius 3 is 2.85 bits per heavy atom. The Labute approximate surface area is 76.1 Å². The minimum Gasteiger partial charge on any atom is -0.508 e. The highest BCUT2D eigenvalue weighted by Crippen LogP contribution is 2.19. The zero-order chi connectivity index (χ0) is 9.84. The molecule has 0 atom stereocenters. The van der Waals surface area contributed by atoms with Crippen molar-refractivity contribution in [3.8, 4) is 5.75 Å². The van der Waals surface area contributed by atoms with Crippen molar-refractivity contribution in [3.63, 3.8) is 0 Å². The molecule has 0 heterocycles. The molecule has 0 saturated carbocycles. The summed E-state index contributed by atoms with van der Waals surface area (Å²) < 4.78 is 13.3. The fraction of sp³-hybridized carbons (Fsp3) is 0.333. The lowest BCUT2D eigenvalue weighted by Crippen LogP contribution is -2.12. The number of hydrogen-bond acceptors (Lipinski definition) is 3. The maximum absolute atomic E-state index is 13.3. The molecule has 0 aromatic heterocycles. The molecule has 0 fully saturated rings. The van der Waals surface area contributed by atoms with Gasteiger partial charge in [0.15, 0.2) is 0 Å².